The van der Waals surface area contributed by atoms with Crippen LogP contribution in [0.25, 0.3) is 0 Å². The fourth-order valence-corrected chi connectivity index (χ4v) is 2.85. The molecule has 0 radical (unpaired) electrons. The minimum Gasteiger partial charge on any atom is -0.354 e. The van der Waals surface area contributed by atoms with Crippen LogP contribution in [-0.4, -0.2) is 17.4 Å². The molecule has 0 bridgehead atoms. The smallest absolute Gasteiger partial charge is 0.269 e. The number of aromatic nitrogens is 1. The lowest BCUT2D eigenvalue weighted by atomic mass is 9.97. The zero-order chi connectivity index (χ0) is 16.6. The highest BCUT2D eigenvalue weighted by Gasteiger charge is 2.08. The molecule has 2 aromatic rings. The molecule has 0 fully saturated rings. The van der Waals surface area contributed by atoms with E-state index in [0.29, 0.717) is 12.2 Å². The Hall–Kier alpha value is -2.62. The summed E-state index contributed by atoms with van der Waals surface area (Å²) < 4.78 is 0. The fourth-order valence-electron chi connectivity index (χ4n) is 2.85. The Labute approximate surface area is 143 Å². The van der Waals surface area contributed by atoms with Crippen molar-refractivity contribution in [1.29, 1.82) is 0 Å². The van der Waals surface area contributed by atoms with Gasteiger partial charge >= 0.3 is 0 Å². The number of pyridine rings is 1. The summed E-state index contributed by atoms with van der Waals surface area (Å²) in [6, 6.07) is 13.5. The fraction of sp³-hybridized carbons (Fsp3) is 0.300. The second kappa shape index (κ2) is 8.29. The number of nitrogens with one attached hydrogen (secondary N) is 2. The third-order valence-electron chi connectivity index (χ3n) is 4.18. The number of carbonyl (C=O) groups excluding carboxylic acids is 1. The van der Waals surface area contributed by atoms with Crippen LogP contribution in [0.3, 0.4) is 0 Å². The van der Waals surface area contributed by atoms with Gasteiger partial charge in [0.1, 0.15) is 5.69 Å². The molecular formula is C20H23N3O. The van der Waals surface area contributed by atoms with Crippen LogP contribution in [0.4, 0.5) is 11.4 Å². The lowest BCUT2D eigenvalue weighted by Gasteiger charge is -2.13. The third kappa shape index (κ3) is 4.69. The summed E-state index contributed by atoms with van der Waals surface area (Å²) in [7, 11) is 0. The van der Waals surface area contributed by atoms with Gasteiger partial charge in [-0.25, -0.2) is 4.98 Å². The van der Waals surface area contributed by atoms with E-state index in [1.54, 1.807) is 12.3 Å². The van der Waals surface area contributed by atoms with Crippen LogP contribution in [-0.2, 0) is 0 Å². The molecule has 1 aliphatic carbocycles. The van der Waals surface area contributed by atoms with E-state index in [-0.39, 0.29) is 5.91 Å². The summed E-state index contributed by atoms with van der Waals surface area (Å²) in [5.74, 6) is -0.113. The number of rotatable bonds is 6. The molecule has 1 aromatic heterocycles. The van der Waals surface area contributed by atoms with Crippen LogP contribution in [0.2, 0.25) is 0 Å². The van der Waals surface area contributed by atoms with E-state index >= 15 is 0 Å². The number of anilines is 2. The number of benzene rings is 1. The summed E-state index contributed by atoms with van der Waals surface area (Å²) in [6.07, 6.45) is 9.87. The lowest BCUT2D eigenvalue weighted by molar-refractivity contribution is 0.0949. The van der Waals surface area contributed by atoms with Crippen molar-refractivity contribution in [2.45, 2.75) is 32.1 Å². The molecule has 0 atom stereocenters. The standard InChI is InChI=1S/C20H23N3O/c24-20(21-14-13-16-7-3-1-4-8-16)19-12-11-18(15-22-19)23-17-9-5-2-6-10-17/h2,5-7,9-12,15,23H,1,3-4,8,13-14H2,(H,21,24). The van der Waals surface area contributed by atoms with Gasteiger partial charge in [-0.3, -0.25) is 4.79 Å². The average molecular weight is 321 g/mol. The second-order valence-electron chi connectivity index (χ2n) is 6.04. The Morgan fingerprint density at radius 1 is 1.04 bits per heavy atom. The van der Waals surface area contributed by atoms with Crippen LogP contribution < -0.4 is 10.6 Å². The molecule has 0 aliphatic heterocycles. The molecule has 1 aromatic carbocycles. The van der Waals surface area contributed by atoms with Gasteiger partial charge < -0.3 is 10.6 Å². The van der Waals surface area contributed by atoms with Crippen molar-refractivity contribution in [2.24, 2.45) is 0 Å². The van der Waals surface area contributed by atoms with Gasteiger partial charge in [0.05, 0.1) is 11.9 Å². The van der Waals surface area contributed by atoms with Gasteiger partial charge in [-0.15, -0.1) is 0 Å². The number of hydrogen-bond donors (Lipinski definition) is 2. The van der Waals surface area contributed by atoms with Crippen molar-refractivity contribution in [3.8, 4) is 0 Å². The van der Waals surface area contributed by atoms with Crippen molar-refractivity contribution < 1.29 is 4.79 Å². The number of carbonyl (C=O) groups is 1. The van der Waals surface area contributed by atoms with Crippen LogP contribution in [0.5, 0.6) is 0 Å². The van der Waals surface area contributed by atoms with Crippen LogP contribution in [0.1, 0.15) is 42.6 Å². The number of allylic oxidation sites excluding steroid dienone is 1. The first-order valence-electron chi connectivity index (χ1n) is 8.55. The van der Waals surface area contributed by atoms with Crippen molar-refractivity contribution in [2.75, 3.05) is 11.9 Å². The van der Waals surface area contributed by atoms with E-state index < -0.39 is 0 Å². The van der Waals surface area contributed by atoms with E-state index in [1.165, 1.54) is 31.3 Å². The van der Waals surface area contributed by atoms with Crippen molar-refractivity contribution in [3.63, 3.8) is 0 Å². The molecule has 3 rings (SSSR count). The number of nitrogens with zero attached hydrogens (tertiary/aromatic N) is 1. The van der Waals surface area contributed by atoms with E-state index in [1.807, 2.05) is 36.4 Å². The third-order valence-corrected chi connectivity index (χ3v) is 4.18. The highest BCUT2D eigenvalue weighted by atomic mass is 16.1. The molecule has 4 heteroatoms. The predicted molar refractivity (Wildman–Crippen MR) is 97.5 cm³/mol. The molecule has 0 saturated carbocycles. The molecular weight excluding hydrogens is 298 g/mol. The average Bonchev–Trinajstić information content (AvgIpc) is 2.64. The van der Waals surface area contributed by atoms with Gasteiger partial charge in [0.25, 0.3) is 5.91 Å². The monoisotopic (exact) mass is 321 g/mol. The Kier molecular flexibility index (Phi) is 5.61. The van der Waals surface area contributed by atoms with Gasteiger partial charge in [-0.1, -0.05) is 29.8 Å². The normalized spacial score (nSPS) is 13.9. The molecule has 1 aliphatic rings. The van der Waals surface area contributed by atoms with E-state index in [0.717, 1.165) is 17.8 Å². The summed E-state index contributed by atoms with van der Waals surface area (Å²) in [6.45, 7) is 0.677. The second-order valence-corrected chi connectivity index (χ2v) is 6.04. The summed E-state index contributed by atoms with van der Waals surface area (Å²) in [4.78, 5) is 16.4. The minimum atomic E-state index is -0.113. The van der Waals surface area contributed by atoms with Gasteiger partial charge in [0.15, 0.2) is 0 Å². The molecule has 2 N–H and O–H groups in total. The van der Waals surface area contributed by atoms with Gasteiger partial charge in [0.2, 0.25) is 0 Å². The quantitative estimate of drug-likeness (QED) is 0.773. The van der Waals surface area contributed by atoms with Crippen LogP contribution >= 0.6 is 0 Å². The van der Waals surface area contributed by atoms with E-state index in [9.17, 15) is 4.79 Å². The van der Waals surface area contributed by atoms with Crippen molar-refractivity contribution >= 4 is 17.3 Å². The van der Waals surface area contributed by atoms with Gasteiger partial charge in [0, 0.05) is 12.2 Å². The molecule has 1 heterocycles. The van der Waals surface area contributed by atoms with E-state index in [4.69, 9.17) is 0 Å². The molecule has 0 spiro atoms. The summed E-state index contributed by atoms with van der Waals surface area (Å²) in [5.41, 5.74) is 3.78. The van der Waals surface area contributed by atoms with Gasteiger partial charge in [-0.2, -0.15) is 0 Å². The van der Waals surface area contributed by atoms with E-state index in [2.05, 4.69) is 21.7 Å². The summed E-state index contributed by atoms with van der Waals surface area (Å²) >= 11 is 0. The number of para-hydroxylation sites is 1. The summed E-state index contributed by atoms with van der Waals surface area (Å²) in [5, 5.41) is 6.21. The first kappa shape index (κ1) is 16.2. The number of amides is 1. The molecule has 1 amide bonds. The first-order chi connectivity index (χ1) is 11.8. The predicted octanol–water partition coefficient (Wildman–Crippen LogP) is 4.45. The van der Waals surface area contributed by atoms with Gasteiger partial charge in [-0.05, 0) is 56.4 Å². The highest BCUT2D eigenvalue weighted by molar-refractivity contribution is 5.92. The molecule has 4 nitrogen and oxygen atoms in total. The maximum absolute atomic E-state index is 12.1. The van der Waals surface area contributed by atoms with Crippen molar-refractivity contribution in [1.82, 2.24) is 10.3 Å². The first-order valence-corrected chi connectivity index (χ1v) is 8.55. The van der Waals surface area contributed by atoms with Crippen LogP contribution in [0.15, 0.2) is 60.3 Å². The molecule has 0 unspecified atom stereocenters. The Balaban J connectivity index is 1.49. The van der Waals surface area contributed by atoms with Crippen LogP contribution in [0, 0.1) is 0 Å². The number of hydrogen-bond acceptors (Lipinski definition) is 3. The highest BCUT2D eigenvalue weighted by Crippen LogP contribution is 2.19. The lowest BCUT2D eigenvalue weighted by Crippen LogP contribution is -2.25. The molecule has 24 heavy (non-hydrogen) atoms. The maximum Gasteiger partial charge on any atom is 0.269 e. The zero-order valence-electron chi connectivity index (χ0n) is 13.8. The Bertz CT molecular complexity index is 693. The largest absolute Gasteiger partial charge is 0.354 e. The molecule has 124 valence electrons. The minimum absolute atomic E-state index is 0.113. The Morgan fingerprint density at radius 2 is 1.92 bits per heavy atom. The molecule has 0 saturated heterocycles. The van der Waals surface area contributed by atoms with Crippen molar-refractivity contribution in [3.05, 3.63) is 66.0 Å². The maximum atomic E-state index is 12.1. The zero-order valence-corrected chi connectivity index (χ0v) is 13.8. The Morgan fingerprint density at radius 3 is 2.62 bits per heavy atom. The SMILES string of the molecule is O=C(NCCC1=CCCCC1)c1ccc(Nc2ccccc2)cn1. The topological polar surface area (TPSA) is 54.0 Å².